The standard InChI is InChI=1S/C15H14ClN3O2/c1-10-7-12(16)9-17-15(10)18-6-2-3-11-8-13(19(20)21)4-5-14(11)18/h4-5,7-9H,2-3,6H2,1H3. The fraction of sp³-hybridized carbons (Fsp3) is 0.267. The van der Waals surface area contributed by atoms with Gasteiger partial charge in [0, 0.05) is 30.6 Å². The molecule has 0 atom stereocenters. The van der Waals surface area contributed by atoms with Gasteiger partial charge in [0.25, 0.3) is 5.69 Å². The van der Waals surface area contributed by atoms with Crippen molar-refractivity contribution in [3.05, 3.63) is 56.7 Å². The normalized spacial score (nSPS) is 13.9. The minimum absolute atomic E-state index is 0.136. The van der Waals surface area contributed by atoms with E-state index in [1.54, 1.807) is 18.3 Å². The molecule has 21 heavy (non-hydrogen) atoms. The van der Waals surface area contributed by atoms with Gasteiger partial charge in [0.15, 0.2) is 0 Å². The van der Waals surface area contributed by atoms with Crippen molar-refractivity contribution >= 4 is 28.8 Å². The highest BCUT2D eigenvalue weighted by atomic mass is 35.5. The highest BCUT2D eigenvalue weighted by Gasteiger charge is 2.22. The third-order valence-electron chi connectivity index (χ3n) is 3.67. The number of benzene rings is 1. The maximum Gasteiger partial charge on any atom is 0.269 e. The molecule has 0 saturated heterocycles. The zero-order chi connectivity index (χ0) is 15.0. The topological polar surface area (TPSA) is 59.3 Å². The Kier molecular flexibility index (Phi) is 3.51. The summed E-state index contributed by atoms with van der Waals surface area (Å²) in [6.45, 7) is 2.81. The second kappa shape index (κ2) is 5.33. The number of nitro groups is 1. The summed E-state index contributed by atoms with van der Waals surface area (Å²) >= 11 is 5.96. The summed E-state index contributed by atoms with van der Waals surface area (Å²) in [5.74, 6) is 0.856. The maximum atomic E-state index is 10.9. The summed E-state index contributed by atoms with van der Waals surface area (Å²) in [6.07, 6.45) is 3.42. The monoisotopic (exact) mass is 303 g/mol. The molecule has 2 aromatic rings. The number of pyridine rings is 1. The lowest BCUT2D eigenvalue weighted by Crippen LogP contribution is -2.26. The molecule has 0 radical (unpaired) electrons. The van der Waals surface area contributed by atoms with Crippen LogP contribution >= 0.6 is 11.6 Å². The smallest absolute Gasteiger partial charge is 0.269 e. The van der Waals surface area contributed by atoms with Crippen LogP contribution in [-0.4, -0.2) is 16.5 Å². The van der Waals surface area contributed by atoms with Gasteiger partial charge >= 0.3 is 0 Å². The summed E-state index contributed by atoms with van der Waals surface area (Å²) in [7, 11) is 0. The molecule has 0 N–H and O–H groups in total. The van der Waals surface area contributed by atoms with Crippen LogP contribution in [0, 0.1) is 17.0 Å². The third-order valence-corrected chi connectivity index (χ3v) is 3.87. The van der Waals surface area contributed by atoms with Crippen molar-refractivity contribution < 1.29 is 4.92 Å². The third kappa shape index (κ3) is 2.56. The fourth-order valence-corrected chi connectivity index (χ4v) is 2.95. The van der Waals surface area contributed by atoms with Gasteiger partial charge < -0.3 is 4.90 Å². The molecule has 0 amide bonds. The molecule has 1 aliphatic rings. The second-order valence-corrected chi connectivity index (χ2v) is 5.56. The molecule has 0 spiro atoms. The fourth-order valence-electron chi connectivity index (χ4n) is 2.73. The summed E-state index contributed by atoms with van der Waals surface area (Å²) in [5.41, 5.74) is 3.11. The van der Waals surface area contributed by atoms with Crippen molar-refractivity contribution in [3.63, 3.8) is 0 Å². The second-order valence-electron chi connectivity index (χ2n) is 5.12. The summed E-state index contributed by atoms with van der Waals surface area (Å²) in [5, 5.41) is 11.5. The van der Waals surface area contributed by atoms with E-state index in [0.29, 0.717) is 5.02 Å². The molecule has 2 heterocycles. The Balaban J connectivity index is 2.06. The van der Waals surface area contributed by atoms with Gasteiger partial charge in [0.05, 0.1) is 9.95 Å². The molecule has 0 bridgehead atoms. The van der Waals surface area contributed by atoms with Gasteiger partial charge in [-0.15, -0.1) is 0 Å². The molecule has 1 aliphatic heterocycles. The number of fused-ring (bicyclic) bond motifs is 1. The SMILES string of the molecule is Cc1cc(Cl)cnc1N1CCCc2cc([N+](=O)[O-])ccc21. The van der Waals surface area contributed by atoms with Gasteiger partial charge in [0.1, 0.15) is 5.82 Å². The van der Waals surface area contributed by atoms with Crippen molar-refractivity contribution in [1.82, 2.24) is 4.98 Å². The molecule has 108 valence electrons. The van der Waals surface area contributed by atoms with Crippen molar-refractivity contribution in [1.29, 1.82) is 0 Å². The number of rotatable bonds is 2. The molecule has 0 aliphatic carbocycles. The average molecular weight is 304 g/mol. The van der Waals surface area contributed by atoms with Gasteiger partial charge in [-0.1, -0.05) is 11.6 Å². The maximum absolute atomic E-state index is 10.9. The predicted octanol–water partition coefficient (Wildman–Crippen LogP) is 4.04. The first-order valence-electron chi connectivity index (χ1n) is 6.73. The van der Waals surface area contributed by atoms with Gasteiger partial charge in [-0.05, 0) is 43.0 Å². The van der Waals surface area contributed by atoms with Crippen LogP contribution in [-0.2, 0) is 6.42 Å². The van der Waals surface area contributed by atoms with Crippen LogP contribution in [0.5, 0.6) is 0 Å². The van der Waals surface area contributed by atoms with Crippen LogP contribution in [0.1, 0.15) is 17.5 Å². The van der Waals surface area contributed by atoms with E-state index in [-0.39, 0.29) is 10.6 Å². The van der Waals surface area contributed by atoms with E-state index in [1.807, 2.05) is 19.1 Å². The van der Waals surface area contributed by atoms with Crippen LogP contribution < -0.4 is 4.90 Å². The molecule has 1 aromatic carbocycles. The van der Waals surface area contributed by atoms with E-state index >= 15 is 0 Å². The van der Waals surface area contributed by atoms with Crippen molar-refractivity contribution in [2.24, 2.45) is 0 Å². The molecule has 1 aromatic heterocycles. The number of non-ortho nitro benzene ring substituents is 1. The molecular weight excluding hydrogens is 290 g/mol. The quantitative estimate of drug-likeness (QED) is 0.620. The lowest BCUT2D eigenvalue weighted by Gasteiger charge is -2.31. The van der Waals surface area contributed by atoms with Gasteiger partial charge in [-0.2, -0.15) is 0 Å². The number of aryl methyl sites for hydroxylation is 2. The Labute approximate surface area is 127 Å². The van der Waals surface area contributed by atoms with E-state index in [4.69, 9.17) is 11.6 Å². The molecular formula is C15H14ClN3O2. The van der Waals surface area contributed by atoms with Gasteiger partial charge in [-0.25, -0.2) is 4.98 Å². The van der Waals surface area contributed by atoms with Crippen LogP contribution in [0.15, 0.2) is 30.5 Å². The summed E-state index contributed by atoms with van der Waals surface area (Å²) in [6, 6.07) is 6.89. The number of halogens is 1. The Morgan fingerprint density at radius 1 is 1.38 bits per heavy atom. The minimum Gasteiger partial charge on any atom is -0.326 e. The van der Waals surface area contributed by atoms with E-state index < -0.39 is 0 Å². The van der Waals surface area contributed by atoms with E-state index in [1.165, 1.54) is 0 Å². The molecule has 0 fully saturated rings. The Morgan fingerprint density at radius 2 is 2.19 bits per heavy atom. The lowest BCUT2D eigenvalue weighted by atomic mass is 10.0. The molecule has 6 heteroatoms. The average Bonchev–Trinajstić information content (AvgIpc) is 2.46. The number of hydrogen-bond acceptors (Lipinski definition) is 4. The van der Waals surface area contributed by atoms with Crippen molar-refractivity contribution in [3.8, 4) is 0 Å². The van der Waals surface area contributed by atoms with Crippen LogP contribution in [0.3, 0.4) is 0 Å². The molecule has 5 nitrogen and oxygen atoms in total. The number of anilines is 2. The molecule has 0 unspecified atom stereocenters. The zero-order valence-electron chi connectivity index (χ0n) is 11.5. The van der Waals surface area contributed by atoms with E-state index in [2.05, 4.69) is 9.88 Å². The largest absolute Gasteiger partial charge is 0.326 e. The van der Waals surface area contributed by atoms with Gasteiger partial charge in [-0.3, -0.25) is 10.1 Å². The minimum atomic E-state index is -0.356. The van der Waals surface area contributed by atoms with Crippen molar-refractivity contribution in [2.45, 2.75) is 19.8 Å². The summed E-state index contributed by atoms with van der Waals surface area (Å²) < 4.78 is 0. The van der Waals surface area contributed by atoms with Crippen molar-refractivity contribution in [2.75, 3.05) is 11.4 Å². The Bertz CT molecular complexity index is 718. The number of nitrogens with zero attached hydrogens (tertiary/aromatic N) is 3. The summed E-state index contributed by atoms with van der Waals surface area (Å²) in [4.78, 5) is 17.1. The first-order valence-corrected chi connectivity index (χ1v) is 7.11. The van der Waals surface area contributed by atoms with Gasteiger partial charge in [0.2, 0.25) is 0 Å². The van der Waals surface area contributed by atoms with Crippen LogP contribution in [0.4, 0.5) is 17.2 Å². The molecule has 0 saturated carbocycles. The number of aromatic nitrogens is 1. The van der Waals surface area contributed by atoms with Crippen LogP contribution in [0.2, 0.25) is 5.02 Å². The Hall–Kier alpha value is -2.14. The Morgan fingerprint density at radius 3 is 2.90 bits per heavy atom. The number of nitro benzene ring substituents is 1. The lowest BCUT2D eigenvalue weighted by molar-refractivity contribution is -0.384. The number of hydrogen-bond donors (Lipinski definition) is 0. The highest BCUT2D eigenvalue weighted by Crippen LogP contribution is 2.36. The van der Waals surface area contributed by atoms with Crippen LogP contribution in [0.25, 0.3) is 0 Å². The van der Waals surface area contributed by atoms with E-state index in [9.17, 15) is 10.1 Å². The predicted molar refractivity (Wildman–Crippen MR) is 82.4 cm³/mol. The first-order chi connectivity index (χ1) is 10.1. The molecule has 3 rings (SSSR count). The highest BCUT2D eigenvalue weighted by molar-refractivity contribution is 6.30. The van der Waals surface area contributed by atoms with E-state index in [0.717, 1.165) is 42.0 Å². The first kappa shape index (κ1) is 13.8. The zero-order valence-corrected chi connectivity index (χ0v) is 12.3.